The van der Waals surface area contributed by atoms with E-state index in [2.05, 4.69) is 39.6 Å². The third-order valence-electron chi connectivity index (χ3n) is 3.66. The second-order valence-corrected chi connectivity index (χ2v) is 6.67. The van der Waals surface area contributed by atoms with Crippen LogP contribution in [-0.2, 0) is 6.42 Å². The molecule has 0 unspecified atom stereocenters. The fourth-order valence-electron chi connectivity index (χ4n) is 2.33. The summed E-state index contributed by atoms with van der Waals surface area (Å²) in [6.45, 7) is 6.04. The molecule has 144 valence electrons. The predicted octanol–water partition coefficient (Wildman–Crippen LogP) is 4.15. The summed E-state index contributed by atoms with van der Waals surface area (Å²) in [5, 5.41) is 11.2. The van der Waals surface area contributed by atoms with Crippen LogP contribution in [0.4, 0.5) is 0 Å². The Bertz CT molecular complexity index is 690. The lowest BCUT2D eigenvalue weighted by Gasteiger charge is -2.11. The number of guanidine groups is 1. The topological polar surface area (TPSA) is 75.3 Å². The van der Waals surface area contributed by atoms with E-state index in [1.54, 1.807) is 7.05 Å². The molecule has 1 aromatic heterocycles. The molecule has 0 atom stereocenters. The van der Waals surface area contributed by atoms with Crippen molar-refractivity contribution >= 4 is 41.5 Å². The van der Waals surface area contributed by atoms with Crippen molar-refractivity contribution in [2.45, 2.75) is 33.1 Å². The van der Waals surface area contributed by atoms with Gasteiger partial charge in [0.25, 0.3) is 0 Å². The van der Waals surface area contributed by atoms with Gasteiger partial charge in [-0.1, -0.05) is 42.7 Å². The van der Waals surface area contributed by atoms with Crippen LogP contribution in [0.5, 0.6) is 0 Å². The molecule has 0 saturated carbocycles. The van der Waals surface area contributed by atoms with Crippen LogP contribution < -0.4 is 10.6 Å². The summed E-state index contributed by atoms with van der Waals surface area (Å²) in [7, 11) is 1.77. The van der Waals surface area contributed by atoms with Crippen molar-refractivity contribution in [2.75, 3.05) is 20.1 Å². The lowest BCUT2D eigenvalue weighted by molar-refractivity contribution is 0.378. The number of nitrogens with one attached hydrogen (secondary N) is 2. The minimum Gasteiger partial charge on any atom is -0.356 e. The lowest BCUT2D eigenvalue weighted by atomic mass is 10.1. The van der Waals surface area contributed by atoms with Crippen molar-refractivity contribution in [3.05, 3.63) is 35.2 Å². The molecule has 2 N–H and O–H groups in total. The van der Waals surface area contributed by atoms with Crippen LogP contribution in [0.1, 0.15) is 32.6 Å². The maximum absolute atomic E-state index is 5.99. The summed E-state index contributed by atoms with van der Waals surface area (Å²) in [6.07, 6.45) is 2.96. The molecule has 0 aliphatic carbocycles. The number of halogens is 2. The highest BCUT2D eigenvalue weighted by Gasteiger charge is 2.09. The lowest BCUT2D eigenvalue weighted by Crippen LogP contribution is -2.38. The van der Waals surface area contributed by atoms with Crippen LogP contribution in [0.15, 0.2) is 33.8 Å². The maximum Gasteiger partial charge on any atom is 0.228 e. The van der Waals surface area contributed by atoms with Crippen LogP contribution in [-0.4, -0.2) is 36.2 Å². The Hall–Kier alpha value is -1.35. The number of benzene rings is 1. The third-order valence-corrected chi connectivity index (χ3v) is 3.89. The van der Waals surface area contributed by atoms with Crippen molar-refractivity contribution in [1.29, 1.82) is 0 Å². The molecule has 0 aliphatic heterocycles. The van der Waals surface area contributed by atoms with Gasteiger partial charge in [-0.2, -0.15) is 4.98 Å². The van der Waals surface area contributed by atoms with Crippen LogP contribution in [0.3, 0.4) is 0 Å². The summed E-state index contributed by atoms with van der Waals surface area (Å²) < 4.78 is 5.29. The fraction of sp³-hybridized carbons (Fsp3) is 0.500. The Labute approximate surface area is 177 Å². The molecule has 0 amide bonds. The number of aromatic nitrogens is 2. The van der Waals surface area contributed by atoms with Gasteiger partial charge in [0.2, 0.25) is 11.7 Å². The molecule has 0 spiro atoms. The molecular formula is C18H27ClIN5O. The SMILES string of the molecule is CN=C(NCCCC(C)C)NCCc1nc(-c2cccc(Cl)c2)no1.I. The van der Waals surface area contributed by atoms with Gasteiger partial charge in [-0.05, 0) is 30.9 Å². The van der Waals surface area contributed by atoms with Gasteiger partial charge in [-0.15, -0.1) is 24.0 Å². The van der Waals surface area contributed by atoms with Crippen molar-refractivity contribution in [2.24, 2.45) is 10.9 Å². The number of aliphatic imine (C=N–C) groups is 1. The molecular weight excluding hydrogens is 465 g/mol. The standard InChI is InChI=1S/C18H26ClN5O.HI/c1-13(2)6-5-10-21-18(20-3)22-11-9-16-23-17(24-25-16)14-7-4-8-15(19)12-14;/h4,7-8,12-13H,5-6,9-11H2,1-3H3,(H2,20,21,22);1H. The molecule has 0 radical (unpaired) electrons. The van der Waals surface area contributed by atoms with E-state index in [1.165, 1.54) is 6.42 Å². The van der Waals surface area contributed by atoms with E-state index in [0.29, 0.717) is 29.7 Å². The molecule has 2 aromatic rings. The van der Waals surface area contributed by atoms with Crippen LogP contribution in [0.25, 0.3) is 11.4 Å². The third kappa shape index (κ3) is 7.90. The first kappa shape index (κ1) is 22.7. The summed E-state index contributed by atoms with van der Waals surface area (Å²) in [5.41, 5.74) is 0.845. The molecule has 0 saturated heterocycles. The van der Waals surface area contributed by atoms with E-state index < -0.39 is 0 Å². The molecule has 26 heavy (non-hydrogen) atoms. The number of hydrogen-bond donors (Lipinski definition) is 2. The average Bonchev–Trinajstić information content (AvgIpc) is 3.05. The van der Waals surface area contributed by atoms with Crippen molar-refractivity contribution in [3.8, 4) is 11.4 Å². The molecule has 2 rings (SSSR count). The van der Waals surface area contributed by atoms with Crippen molar-refractivity contribution in [1.82, 2.24) is 20.8 Å². The molecule has 0 fully saturated rings. The van der Waals surface area contributed by atoms with E-state index >= 15 is 0 Å². The van der Waals surface area contributed by atoms with Gasteiger partial charge in [0.1, 0.15) is 0 Å². The fourth-order valence-corrected chi connectivity index (χ4v) is 2.52. The average molecular weight is 492 g/mol. The molecule has 0 aliphatic rings. The van der Waals surface area contributed by atoms with E-state index in [-0.39, 0.29) is 24.0 Å². The first-order valence-corrected chi connectivity index (χ1v) is 8.99. The number of nitrogens with zero attached hydrogens (tertiary/aromatic N) is 3. The highest BCUT2D eigenvalue weighted by molar-refractivity contribution is 14.0. The van der Waals surface area contributed by atoms with Gasteiger partial charge in [0, 0.05) is 37.1 Å². The van der Waals surface area contributed by atoms with E-state index in [4.69, 9.17) is 16.1 Å². The molecule has 0 bridgehead atoms. The normalized spacial score (nSPS) is 11.3. The minimum absolute atomic E-state index is 0. The minimum atomic E-state index is 0. The predicted molar refractivity (Wildman–Crippen MR) is 117 cm³/mol. The first-order chi connectivity index (χ1) is 12.1. The Morgan fingerprint density at radius 3 is 2.73 bits per heavy atom. The second-order valence-electron chi connectivity index (χ2n) is 6.23. The highest BCUT2D eigenvalue weighted by Crippen LogP contribution is 2.19. The van der Waals surface area contributed by atoms with Gasteiger partial charge in [0.05, 0.1) is 0 Å². The summed E-state index contributed by atoms with van der Waals surface area (Å²) in [6, 6.07) is 7.40. The largest absolute Gasteiger partial charge is 0.356 e. The van der Waals surface area contributed by atoms with E-state index in [9.17, 15) is 0 Å². The zero-order valence-electron chi connectivity index (χ0n) is 15.5. The molecule has 8 heteroatoms. The summed E-state index contributed by atoms with van der Waals surface area (Å²) >= 11 is 5.99. The quantitative estimate of drug-likeness (QED) is 0.251. The van der Waals surface area contributed by atoms with Crippen LogP contribution in [0, 0.1) is 5.92 Å². The molecule has 1 aromatic carbocycles. The maximum atomic E-state index is 5.99. The smallest absolute Gasteiger partial charge is 0.228 e. The van der Waals surface area contributed by atoms with Gasteiger partial charge >= 0.3 is 0 Å². The Morgan fingerprint density at radius 2 is 2.04 bits per heavy atom. The van der Waals surface area contributed by atoms with Crippen LogP contribution in [0.2, 0.25) is 5.02 Å². The molecule has 6 nitrogen and oxygen atoms in total. The Morgan fingerprint density at radius 1 is 1.27 bits per heavy atom. The van der Waals surface area contributed by atoms with Gasteiger partial charge in [-0.25, -0.2) is 0 Å². The highest BCUT2D eigenvalue weighted by atomic mass is 127. The second kappa shape index (κ2) is 12.1. The van der Waals surface area contributed by atoms with Crippen molar-refractivity contribution < 1.29 is 4.52 Å². The monoisotopic (exact) mass is 491 g/mol. The Balaban J connectivity index is 0.00000338. The van der Waals surface area contributed by atoms with Gasteiger partial charge < -0.3 is 15.2 Å². The first-order valence-electron chi connectivity index (χ1n) is 8.61. The van der Waals surface area contributed by atoms with Gasteiger partial charge in [0.15, 0.2) is 5.96 Å². The molecule has 1 heterocycles. The zero-order chi connectivity index (χ0) is 18.1. The van der Waals surface area contributed by atoms with Crippen LogP contribution >= 0.6 is 35.6 Å². The summed E-state index contributed by atoms with van der Waals surface area (Å²) in [4.78, 5) is 8.61. The summed E-state index contributed by atoms with van der Waals surface area (Å²) in [5.74, 6) is 2.65. The zero-order valence-corrected chi connectivity index (χ0v) is 18.5. The van der Waals surface area contributed by atoms with E-state index in [0.717, 1.165) is 30.4 Å². The van der Waals surface area contributed by atoms with Gasteiger partial charge in [-0.3, -0.25) is 4.99 Å². The van der Waals surface area contributed by atoms with E-state index in [1.807, 2.05) is 24.3 Å². The number of hydrogen-bond acceptors (Lipinski definition) is 4. The Kier molecular flexibility index (Phi) is 10.6. The van der Waals surface area contributed by atoms with Crippen molar-refractivity contribution in [3.63, 3.8) is 0 Å². The number of rotatable bonds is 8.